The second-order valence-corrected chi connectivity index (χ2v) is 10.1. The van der Waals surface area contributed by atoms with E-state index in [-0.39, 0.29) is 27.9 Å². The van der Waals surface area contributed by atoms with Gasteiger partial charge in [0.15, 0.2) is 0 Å². The van der Waals surface area contributed by atoms with Crippen molar-refractivity contribution in [3.63, 3.8) is 0 Å². The maximum atomic E-state index is 13.6. The van der Waals surface area contributed by atoms with Gasteiger partial charge in [0.1, 0.15) is 0 Å². The number of aryl methyl sites for hydroxylation is 1. The predicted molar refractivity (Wildman–Crippen MR) is 108 cm³/mol. The first-order valence-corrected chi connectivity index (χ1v) is 11.2. The Morgan fingerprint density at radius 2 is 1.83 bits per heavy atom. The van der Waals surface area contributed by atoms with Crippen molar-refractivity contribution in [3.05, 3.63) is 41.2 Å². The number of alkyl halides is 3. The molecule has 1 aromatic heterocycles. The summed E-state index contributed by atoms with van der Waals surface area (Å²) in [5.41, 5.74) is 0.350. The van der Waals surface area contributed by atoms with Crippen LogP contribution in [0.1, 0.15) is 62.3 Å². The van der Waals surface area contributed by atoms with E-state index in [1.807, 2.05) is 0 Å². The summed E-state index contributed by atoms with van der Waals surface area (Å²) in [7, 11) is -3.85. The molecule has 1 heterocycles. The Kier molecular flexibility index (Phi) is 5.85. The molecule has 1 fully saturated rings. The van der Waals surface area contributed by atoms with Crippen molar-refractivity contribution in [1.82, 2.24) is 9.97 Å². The molecule has 1 aliphatic rings. The van der Waals surface area contributed by atoms with Crippen LogP contribution < -0.4 is 10.5 Å². The molecule has 1 aromatic carbocycles. The second kappa shape index (κ2) is 7.81. The molecule has 0 unspecified atom stereocenters. The predicted octanol–water partition coefficient (Wildman–Crippen LogP) is 4.88. The van der Waals surface area contributed by atoms with Crippen molar-refractivity contribution in [2.75, 3.05) is 5.32 Å². The molecule has 10 heteroatoms. The number of primary sulfonamides is 1. The number of nitrogens with one attached hydrogen (secondary N) is 1. The number of benzene rings is 1. The van der Waals surface area contributed by atoms with Crippen LogP contribution in [0, 0.1) is 12.3 Å². The summed E-state index contributed by atoms with van der Waals surface area (Å²) >= 11 is 0. The highest BCUT2D eigenvalue weighted by atomic mass is 32.2. The lowest BCUT2D eigenvalue weighted by molar-refractivity contribution is -0.139. The third-order valence-corrected chi connectivity index (χ3v) is 6.53. The summed E-state index contributed by atoms with van der Waals surface area (Å²) in [6, 6.07) is 4.18. The zero-order chi connectivity index (χ0) is 22.3. The first-order valence-electron chi connectivity index (χ1n) is 9.61. The number of nitrogens with two attached hydrogens (primary N) is 1. The zero-order valence-electron chi connectivity index (χ0n) is 17.0. The third kappa shape index (κ3) is 5.10. The summed E-state index contributed by atoms with van der Waals surface area (Å²) in [6.45, 7) is 5.90. The smallest absolute Gasteiger partial charge is 0.324 e. The number of nitrogens with zero attached hydrogens (tertiary/aromatic N) is 2. The van der Waals surface area contributed by atoms with Gasteiger partial charge in [-0.2, -0.15) is 13.2 Å². The van der Waals surface area contributed by atoms with Crippen LogP contribution in [0.15, 0.2) is 29.3 Å². The van der Waals surface area contributed by atoms with Crippen molar-refractivity contribution in [2.24, 2.45) is 10.6 Å². The van der Waals surface area contributed by atoms with Gasteiger partial charge in [-0.05, 0) is 61.8 Å². The van der Waals surface area contributed by atoms with Crippen LogP contribution in [0.2, 0.25) is 0 Å². The summed E-state index contributed by atoms with van der Waals surface area (Å²) in [4.78, 5) is 8.03. The highest BCUT2D eigenvalue weighted by molar-refractivity contribution is 7.89. The molecule has 3 rings (SSSR count). The fraction of sp³-hybridized carbons (Fsp3) is 0.500. The Morgan fingerprint density at radius 1 is 1.20 bits per heavy atom. The molecule has 0 saturated heterocycles. The number of aromatic nitrogens is 2. The SMILES string of the molecule is Cc1cc(S(N)(=O)=O)ccc1Nc1ncc(C(F)(F)F)c(C2CCC(C)(C)CC2)n1. The van der Waals surface area contributed by atoms with E-state index < -0.39 is 21.8 Å². The van der Waals surface area contributed by atoms with Gasteiger partial charge in [0.2, 0.25) is 16.0 Å². The number of rotatable bonds is 4. The highest BCUT2D eigenvalue weighted by Crippen LogP contribution is 2.45. The molecule has 0 spiro atoms. The van der Waals surface area contributed by atoms with E-state index in [4.69, 9.17) is 5.14 Å². The fourth-order valence-electron chi connectivity index (χ4n) is 3.73. The lowest BCUT2D eigenvalue weighted by atomic mass is 9.72. The molecule has 0 amide bonds. The van der Waals surface area contributed by atoms with Crippen LogP contribution in [0.25, 0.3) is 0 Å². The van der Waals surface area contributed by atoms with Crippen LogP contribution in [-0.2, 0) is 16.2 Å². The van der Waals surface area contributed by atoms with Gasteiger partial charge in [0.25, 0.3) is 0 Å². The molecule has 0 atom stereocenters. The molecule has 1 saturated carbocycles. The summed E-state index contributed by atoms with van der Waals surface area (Å²) in [6.07, 6.45) is -0.790. The van der Waals surface area contributed by atoms with Crippen molar-refractivity contribution in [3.8, 4) is 0 Å². The Morgan fingerprint density at radius 3 is 2.37 bits per heavy atom. The van der Waals surface area contributed by atoms with E-state index in [1.165, 1.54) is 18.2 Å². The van der Waals surface area contributed by atoms with Crippen molar-refractivity contribution < 1.29 is 21.6 Å². The van der Waals surface area contributed by atoms with Crippen LogP contribution in [0.5, 0.6) is 0 Å². The van der Waals surface area contributed by atoms with Crippen molar-refractivity contribution >= 4 is 21.7 Å². The molecule has 164 valence electrons. The first kappa shape index (κ1) is 22.5. The van der Waals surface area contributed by atoms with E-state index in [2.05, 4.69) is 29.1 Å². The van der Waals surface area contributed by atoms with Crippen LogP contribution >= 0.6 is 0 Å². The topological polar surface area (TPSA) is 98.0 Å². The number of anilines is 2. The summed E-state index contributed by atoms with van der Waals surface area (Å²) in [5.74, 6) is -0.252. The maximum Gasteiger partial charge on any atom is 0.419 e. The zero-order valence-corrected chi connectivity index (χ0v) is 17.9. The largest absolute Gasteiger partial charge is 0.419 e. The minimum Gasteiger partial charge on any atom is -0.324 e. The molecule has 0 bridgehead atoms. The molecule has 0 radical (unpaired) electrons. The second-order valence-electron chi connectivity index (χ2n) is 8.58. The van der Waals surface area contributed by atoms with Gasteiger partial charge in [-0.15, -0.1) is 0 Å². The molecular formula is C20H25F3N4O2S. The van der Waals surface area contributed by atoms with Gasteiger partial charge in [-0.25, -0.2) is 23.5 Å². The van der Waals surface area contributed by atoms with E-state index >= 15 is 0 Å². The van der Waals surface area contributed by atoms with E-state index in [1.54, 1.807) is 6.92 Å². The van der Waals surface area contributed by atoms with Gasteiger partial charge < -0.3 is 5.32 Å². The lowest BCUT2D eigenvalue weighted by Gasteiger charge is -2.34. The first-order chi connectivity index (χ1) is 13.8. The Balaban J connectivity index is 1.94. The Bertz CT molecular complexity index is 1040. The lowest BCUT2D eigenvalue weighted by Crippen LogP contribution is -2.23. The van der Waals surface area contributed by atoms with Gasteiger partial charge in [-0.3, -0.25) is 0 Å². The number of hydrogen-bond donors (Lipinski definition) is 2. The normalized spacial score (nSPS) is 17.7. The monoisotopic (exact) mass is 442 g/mol. The minimum absolute atomic E-state index is 0.00862. The van der Waals surface area contributed by atoms with Crippen LogP contribution in [0.3, 0.4) is 0 Å². The standard InChI is InChI=1S/C20H25F3N4O2S/c1-12-10-14(30(24,28)29)4-5-16(12)26-18-25-11-15(20(21,22)23)17(27-18)13-6-8-19(2,3)9-7-13/h4-5,10-11,13H,6-9H2,1-3H3,(H2,24,28,29)(H,25,26,27). The summed E-state index contributed by atoms with van der Waals surface area (Å²) < 4.78 is 63.7. The fourth-order valence-corrected chi connectivity index (χ4v) is 4.33. The van der Waals surface area contributed by atoms with Crippen LogP contribution in [0.4, 0.5) is 24.8 Å². The highest BCUT2D eigenvalue weighted by Gasteiger charge is 2.39. The van der Waals surface area contributed by atoms with Gasteiger partial charge >= 0.3 is 6.18 Å². The molecule has 3 N–H and O–H groups in total. The van der Waals surface area contributed by atoms with Gasteiger partial charge in [-0.1, -0.05) is 13.8 Å². The molecule has 1 aliphatic carbocycles. The average Bonchev–Trinajstić information content (AvgIpc) is 2.61. The van der Waals surface area contributed by atoms with Gasteiger partial charge in [0.05, 0.1) is 16.2 Å². The average molecular weight is 443 g/mol. The number of hydrogen-bond acceptors (Lipinski definition) is 5. The van der Waals surface area contributed by atoms with E-state index in [0.717, 1.165) is 19.0 Å². The third-order valence-electron chi connectivity index (χ3n) is 5.62. The van der Waals surface area contributed by atoms with E-state index in [0.29, 0.717) is 24.1 Å². The Labute approximate surface area is 174 Å². The van der Waals surface area contributed by atoms with Crippen molar-refractivity contribution in [1.29, 1.82) is 0 Å². The maximum absolute atomic E-state index is 13.6. The Hall–Kier alpha value is -2.20. The van der Waals surface area contributed by atoms with Crippen LogP contribution in [-0.4, -0.2) is 18.4 Å². The molecule has 30 heavy (non-hydrogen) atoms. The quantitative estimate of drug-likeness (QED) is 0.703. The summed E-state index contributed by atoms with van der Waals surface area (Å²) in [5, 5.41) is 8.03. The number of halogens is 3. The molecule has 0 aliphatic heterocycles. The molecule has 2 aromatic rings. The van der Waals surface area contributed by atoms with Crippen molar-refractivity contribution in [2.45, 2.75) is 63.4 Å². The number of sulfonamides is 1. The van der Waals surface area contributed by atoms with Gasteiger partial charge in [0, 0.05) is 17.8 Å². The van der Waals surface area contributed by atoms with E-state index in [9.17, 15) is 21.6 Å². The molecular weight excluding hydrogens is 417 g/mol. The minimum atomic E-state index is -4.53. The molecule has 6 nitrogen and oxygen atoms in total.